The predicted molar refractivity (Wildman–Crippen MR) is 73.6 cm³/mol. The Hall–Kier alpha value is -0.960. The van der Waals surface area contributed by atoms with E-state index in [9.17, 15) is 8.78 Å². The molecule has 1 saturated carbocycles. The smallest absolute Gasteiger partial charge is 0.126 e. The minimum absolute atomic E-state index is 0.272. The second-order valence-corrected chi connectivity index (χ2v) is 6.95. The van der Waals surface area contributed by atoms with E-state index in [1.165, 1.54) is 12.1 Å². The lowest BCUT2D eigenvalue weighted by Crippen LogP contribution is -2.42. The molecule has 2 rings (SSSR count). The van der Waals surface area contributed by atoms with E-state index in [-0.39, 0.29) is 5.41 Å². The summed E-state index contributed by atoms with van der Waals surface area (Å²) in [6, 6.07) is 3.65. The van der Waals surface area contributed by atoms with Gasteiger partial charge in [-0.2, -0.15) is 0 Å². The molecule has 2 N–H and O–H groups in total. The SMILES string of the molecule is CC(C)(C)C1CCC(N)(c2cc(F)cc(F)c2)CC1. The summed E-state index contributed by atoms with van der Waals surface area (Å²) in [5, 5.41) is 0. The third kappa shape index (κ3) is 3.14. The Balaban J connectivity index is 2.18. The molecule has 1 aromatic rings. The van der Waals surface area contributed by atoms with Crippen molar-refractivity contribution in [1.82, 2.24) is 0 Å². The molecule has 1 aliphatic rings. The molecule has 19 heavy (non-hydrogen) atoms. The fraction of sp³-hybridized carbons (Fsp3) is 0.625. The van der Waals surface area contributed by atoms with Crippen LogP contribution in [0, 0.1) is 23.0 Å². The number of hydrogen-bond donors (Lipinski definition) is 1. The lowest BCUT2D eigenvalue weighted by molar-refractivity contribution is 0.133. The highest BCUT2D eigenvalue weighted by Crippen LogP contribution is 2.44. The average Bonchev–Trinajstić information content (AvgIpc) is 2.27. The summed E-state index contributed by atoms with van der Waals surface area (Å²) in [6.07, 6.45) is 3.60. The first-order valence-corrected chi connectivity index (χ1v) is 6.96. The van der Waals surface area contributed by atoms with Gasteiger partial charge in [-0.05, 0) is 54.7 Å². The summed E-state index contributed by atoms with van der Waals surface area (Å²) in [6.45, 7) is 6.72. The zero-order valence-electron chi connectivity index (χ0n) is 12.0. The molecule has 0 spiro atoms. The average molecular weight is 267 g/mol. The quantitative estimate of drug-likeness (QED) is 0.804. The van der Waals surface area contributed by atoms with Crippen molar-refractivity contribution < 1.29 is 8.78 Å². The Morgan fingerprint density at radius 3 is 1.95 bits per heavy atom. The van der Waals surface area contributed by atoms with Gasteiger partial charge in [-0.1, -0.05) is 20.8 Å². The molecule has 1 aliphatic carbocycles. The van der Waals surface area contributed by atoms with Crippen LogP contribution in [-0.4, -0.2) is 0 Å². The van der Waals surface area contributed by atoms with Crippen molar-refractivity contribution in [3.63, 3.8) is 0 Å². The van der Waals surface area contributed by atoms with Crippen LogP contribution in [0.15, 0.2) is 18.2 Å². The third-order valence-electron chi connectivity index (χ3n) is 4.54. The number of hydrogen-bond acceptors (Lipinski definition) is 1. The van der Waals surface area contributed by atoms with Crippen LogP contribution in [0.5, 0.6) is 0 Å². The summed E-state index contributed by atoms with van der Waals surface area (Å²) < 4.78 is 26.6. The zero-order valence-corrected chi connectivity index (χ0v) is 12.0. The first kappa shape index (κ1) is 14.4. The van der Waals surface area contributed by atoms with Gasteiger partial charge >= 0.3 is 0 Å². The molecule has 0 amide bonds. The Morgan fingerprint density at radius 1 is 1.05 bits per heavy atom. The largest absolute Gasteiger partial charge is 0.321 e. The Kier molecular flexibility index (Phi) is 3.69. The maximum atomic E-state index is 13.3. The first-order chi connectivity index (χ1) is 8.71. The lowest BCUT2D eigenvalue weighted by atomic mass is 9.66. The molecule has 1 fully saturated rings. The fourth-order valence-electron chi connectivity index (χ4n) is 3.13. The van der Waals surface area contributed by atoms with Gasteiger partial charge in [-0.3, -0.25) is 0 Å². The van der Waals surface area contributed by atoms with Crippen LogP contribution >= 0.6 is 0 Å². The Bertz CT molecular complexity index is 434. The summed E-state index contributed by atoms with van der Waals surface area (Å²) >= 11 is 0. The minimum Gasteiger partial charge on any atom is -0.321 e. The zero-order chi connectivity index (χ0) is 14.3. The van der Waals surface area contributed by atoms with Crippen LogP contribution in [0.3, 0.4) is 0 Å². The molecule has 0 aromatic heterocycles. The van der Waals surface area contributed by atoms with E-state index in [1.54, 1.807) is 0 Å². The molecule has 0 saturated heterocycles. The monoisotopic (exact) mass is 267 g/mol. The van der Waals surface area contributed by atoms with Crippen molar-refractivity contribution in [3.8, 4) is 0 Å². The molecule has 0 aliphatic heterocycles. The van der Waals surface area contributed by atoms with Crippen LogP contribution in [0.4, 0.5) is 8.78 Å². The molecule has 0 atom stereocenters. The standard InChI is InChI=1S/C16H23F2N/c1-15(2,3)11-4-6-16(19,7-5-11)12-8-13(17)10-14(18)9-12/h8-11H,4-7,19H2,1-3H3. The number of nitrogens with two attached hydrogens (primary N) is 1. The van der Waals surface area contributed by atoms with Gasteiger partial charge in [0, 0.05) is 11.6 Å². The topological polar surface area (TPSA) is 26.0 Å². The van der Waals surface area contributed by atoms with Gasteiger partial charge in [0.2, 0.25) is 0 Å². The summed E-state index contributed by atoms with van der Waals surface area (Å²) in [5.41, 5.74) is 6.68. The molecule has 3 heteroatoms. The molecule has 106 valence electrons. The van der Waals surface area contributed by atoms with Crippen LogP contribution in [0.2, 0.25) is 0 Å². The maximum Gasteiger partial charge on any atom is 0.126 e. The van der Waals surface area contributed by atoms with Crippen molar-refractivity contribution in [2.75, 3.05) is 0 Å². The van der Waals surface area contributed by atoms with Gasteiger partial charge in [0.05, 0.1) is 0 Å². The van der Waals surface area contributed by atoms with Crippen molar-refractivity contribution in [1.29, 1.82) is 0 Å². The summed E-state index contributed by atoms with van der Waals surface area (Å²) in [7, 11) is 0. The molecular formula is C16H23F2N. The highest BCUT2D eigenvalue weighted by Gasteiger charge is 2.37. The minimum atomic E-state index is -0.579. The second kappa shape index (κ2) is 4.86. The normalized spacial score (nSPS) is 28.4. The van der Waals surface area contributed by atoms with Gasteiger partial charge in [-0.25, -0.2) is 8.78 Å². The molecule has 0 heterocycles. The van der Waals surface area contributed by atoms with Crippen LogP contribution < -0.4 is 5.73 Å². The van der Waals surface area contributed by atoms with Gasteiger partial charge in [0.15, 0.2) is 0 Å². The Labute approximate surface area is 114 Å². The number of benzene rings is 1. The predicted octanol–water partition coefficient (Wildman–Crippen LogP) is 4.36. The highest BCUT2D eigenvalue weighted by atomic mass is 19.1. The molecule has 0 radical (unpaired) electrons. The highest BCUT2D eigenvalue weighted by molar-refractivity contribution is 5.26. The van der Waals surface area contributed by atoms with Gasteiger partial charge in [0.1, 0.15) is 11.6 Å². The molecule has 1 aromatic carbocycles. The molecule has 0 bridgehead atoms. The van der Waals surface area contributed by atoms with Crippen LogP contribution in [0.25, 0.3) is 0 Å². The summed E-state index contributed by atoms with van der Waals surface area (Å²) in [4.78, 5) is 0. The van der Waals surface area contributed by atoms with Crippen molar-refractivity contribution in [3.05, 3.63) is 35.4 Å². The van der Waals surface area contributed by atoms with E-state index in [0.717, 1.165) is 31.7 Å². The lowest BCUT2D eigenvalue weighted by Gasteiger charge is -2.42. The number of rotatable bonds is 1. The van der Waals surface area contributed by atoms with Gasteiger partial charge in [-0.15, -0.1) is 0 Å². The van der Waals surface area contributed by atoms with E-state index in [2.05, 4.69) is 20.8 Å². The molecule has 0 unspecified atom stereocenters. The van der Waals surface area contributed by atoms with E-state index in [4.69, 9.17) is 5.73 Å². The maximum absolute atomic E-state index is 13.3. The summed E-state index contributed by atoms with van der Waals surface area (Å²) in [5.74, 6) is -0.460. The van der Waals surface area contributed by atoms with Crippen molar-refractivity contribution >= 4 is 0 Å². The number of halogens is 2. The first-order valence-electron chi connectivity index (χ1n) is 6.96. The van der Waals surface area contributed by atoms with E-state index < -0.39 is 17.2 Å². The van der Waals surface area contributed by atoms with E-state index in [0.29, 0.717) is 11.5 Å². The van der Waals surface area contributed by atoms with Crippen LogP contribution in [0.1, 0.15) is 52.0 Å². The van der Waals surface area contributed by atoms with Crippen molar-refractivity contribution in [2.45, 2.75) is 52.0 Å². The van der Waals surface area contributed by atoms with Crippen molar-refractivity contribution in [2.24, 2.45) is 17.1 Å². The fourth-order valence-corrected chi connectivity index (χ4v) is 3.13. The molecule has 1 nitrogen and oxygen atoms in total. The van der Waals surface area contributed by atoms with Crippen LogP contribution in [-0.2, 0) is 5.54 Å². The molecular weight excluding hydrogens is 244 g/mol. The third-order valence-corrected chi connectivity index (χ3v) is 4.54. The van der Waals surface area contributed by atoms with Gasteiger partial charge in [0.25, 0.3) is 0 Å². The van der Waals surface area contributed by atoms with Gasteiger partial charge < -0.3 is 5.73 Å². The van der Waals surface area contributed by atoms with E-state index in [1.807, 2.05) is 0 Å². The van der Waals surface area contributed by atoms with E-state index >= 15 is 0 Å². The second-order valence-electron chi connectivity index (χ2n) is 6.95. The Morgan fingerprint density at radius 2 is 1.53 bits per heavy atom.